The summed E-state index contributed by atoms with van der Waals surface area (Å²) in [6.45, 7) is 7.18. The van der Waals surface area contributed by atoms with E-state index in [1.54, 1.807) is 6.07 Å². The van der Waals surface area contributed by atoms with Crippen LogP contribution in [0.3, 0.4) is 0 Å². The number of nitrogens with one attached hydrogen (secondary N) is 1. The third kappa shape index (κ3) is 5.02. The minimum absolute atomic E-state index is 0.154. The number of benzene rings is 2. The summed E-state index contributed by atoms with van der Waals surface area (Å²) >= 11 is 0. The quantitative estimate of drug-likeness (QED) is 0.625. The maximum atomic E-state index is 13.4. The second kappa shape index (κ2) is 9.43. The van der Waals surface area contributed by atoms with Crippen LogP contribution >= 0.6 is 0 Å². The molecule has 3 aromatic rings. The first-order valence-electron chi connectivity index (χ1n) is 10.9. The molecule has 0 saturated heterocycles. The average Bonchev–Trinajstić information content (AvgIpc) is 3.14. The number of halogens is 1. The molecule has 0 unspecified atom stereocenters. The van der Waals surface area contributed by atoms with Crippen LogP contribution in [0.4, 0.5) is 4.39 Å². The minimum Gasteiger partial charge on any atom is -0.349 e. The number of hydrogen-bond donors (Lipinski definition) is 1. The zero-order valence-electron chi connectivity index (χ0n) is 18.1. The minimum atomic E-state index is -0.257. The van der Waals surface area contributed by atoms with E-state index in [9.17, 15) is 9.18 Å². The number of rotatable bonds is 7. The summed E-state index contributed by atoms with van der Waals surface area (Å²) in [5, 5.41) is 2.96. The highest BCUT2D eigenvalue weighted by molar-refractivity contribution is 5.91. The van der Waals surface area contributed by atoms with Crippen LogP contribution in [0.2, 0.25) is 0 Å². The lowest BCUT2D eigenvalue weighted by Gasteiger charge is -2.27. The molecule has 0 atom stereocenters. The number of amides is 1. The Morgan fingerprint density at radius 2 is 1.90 bits per heavy atom. The summed E-state index contributed by atoms with van der Waals surface area (Å²) in [5.74, 6) is 0.0434. The molecule has 4 rings (SSSR count). The molecule has 0 bridgehead atoms. The molecule has 0 spiro atoms. The number of hydrogen-bond acceptors (Lipinski definition) is 3. The van der Waals surface area contributed by atoms with E-state index in [2.05, 4.69) is 52.9 Å². The Morgan fingerprint density at radius 3 is 2.65 bits per heavy atom. The van der Waals surface area contributed by atoms with Crippen molar-refractivity contribution in [1.29, 1.82) is 0 Å². The highest BCUT2D eigenvalue weighted by Gasteiger charge is 2.27. The first-order valence-corrected chi connectivity index (χ1v) is 10.9. The highest BCUT2D eigenvalue weighted by Crippen LogP contribution is 2.25. The second-order valence-electron chi connectivity index (χ2n) is 8.37. The summed E-state index contributed by atoms with van der Waals surface area (Å²) in [7, 11) is 0. The van der Waals surface area contributed by atoms with Crippen molar-refractivity contribution in [2.75, 3.05) is 13.1 Å². The monoisotopic (exact) mass is 420 g/mol. The fourth-order valence-corrected chi connectivity index (χ4v) is 4.24. The Bertz CT molecular complexity index is 1040. The smallest absolute Gasteiger partial charge is 0.287 e. The summed E-state index contributed by atoms with van der Waals surface area (Å²) in [6, 6.07) is 17.1. The molecule has 162 valence electrons. The van der Waals surface area contributed by atoms with Gasteiger partial charge in [0.1, 0.15) is 5.82 Å². The lowest BCUT2D eigenvalue weighted by atomic mass is 10.1. The van der Waals surface area contributed by atoms with Gasteiger partial charge in [-0.2, -0.15) is 0 Å². The van der Waals surface area contributed by atoms with Gasteiger partial charge >= 0.3 is 0 Å². The van der Waals surface area contributed by atoms with E-state index in [-0.39, 0.29) is 17.8 Å². The van der Waals surface area contributed by atoms with Gasteiger partial charge in [0.05, 0.1) is 5.69 Å². The van der Waals surface area contributed by atoms with Gasteiger partial charge in [0.2, 0.25) is 0 Å². The van der Waals surface area contributed by atoms with Crippen LogP contribution in [0, 0.1) is 5.82 Å². The topological polar surface area (TPSA) is 50.2 Å². The highest BCUT2D eigenvalue weighted by atomic mass is 19.1. The largest absolute Gasteiger partial charge is 0.349 e. The zero-order chi connectivity index (χ0) is 21.8. The molecule has 2 aromatic carbocycles. The van der Waals surface area contributed by atoms with Gasteiger partial charge in [0, 0.05) is 44.3 Å². The summed E-state index contributed by atoms with van der Waals surface area (Å²) in [6.07, 6.45) is 1.46. The van der Waals surface area contributed by atoms with Gasteiger partial charge in [-0.1, -0.05) is 42.5 Å². The van der Waals surface area contributed by atoms with Gasteiger partial charge < -0.3 is 9.88 Å². The molecule has 1 aliphatic heterocycles. The predicted octanol–water partition coefficient (Wildman–Crippen LogP) is 4.13. The molecule has 0 fully saturated rings. The van der Waals surface area contributed by atoms with Crippen molar-refractivity contribution < 1.29 is 9.18 Å². The number of imidazole rings is 1. The van der Waals surface area contributed by atoms with E-state index in [4.69, 9.17) is 4.98 Å². The molecule has 5 nitrogen and oxygen atoms in total. The SMILES string of the molecule is CC(C)n1c(C(=O)NCCc2cccc(F)c2)nc2c1CCN(Cc1ccccc1)C2. The Balaban J connectivity index is 1.45. The van der Waals surface area contributed by atoms with Crippen LogP contribution in [0.15, 0.2) is 54.6 Å². The van der Waals surface area contributed by atoms with Crippen molar-refractivity contribution in [3.8, 4) is 0 Å². The molecule has 31 heavy (non-hydrogen) atoms. The van der Waals surface area contributed by atoms with Crippen molar-refractivity contribution in [2.24, 2.45) is 0 Å². The van der Waals surface area contributed by atoms with Crippen molar-refractivity contribution in [2.45, 2.75) is 45.8 Å². The molecule has 1 N–H and O–H groups in total. The summed E-state index contributed by atoms with van der Waals surface area (Å²) in [5.41, 5.74) is 4.30. The fourth-order valence-electron chi connectivity index (χ4n) is 4.24. The Labute approximate surface area is 182 Å². The third-order valence-corrected chi connectivity index (χ3v) is 5.69. The maximum absolute atomic E-state index is 13.4. The molecule has 1 aromatic heterocycles. The van der Waals surface area contributed by atoms with Crippen LogP contribution < -0.4 is 5.32 Å². The predicted molar refractivity (Wildman–Crippen MR) is 119 cm³/mol. The van der Waals surface area contributed by atoms with Crippen LogP contribution in [0.5, 0.6) is 0 Å². The van der Waals surface area contributed by atoms with Crippen LogP contribution in [0.25, 0.3) is 0 Å². The van der Waals surface area contributed by atoms with Gasteiger partial charge in [0.25, 0.3) is 5.91 Å². The number of nitrogens with zero attached hydrogens (tertiary/aromatic N) is 3. The molecule has 1 aliphatic rings. The molecule has 0 saturated carbocycles. The van der Waals surface area contributed by atoms with Gasteiger partial charge in [-0.15, -0.1) is 0 Å². The van der Waals surface area contributed by atoms with Crippen LogP contribution in [0.1, 0.15) is 53.0 Å². The second-order valence-corrected chi connectivity index (χ2v) is 8.37. The van der Waals surface area contributed by atoms with Crippen LogP contribution in [-0.2, 0) is 25.9 Å². The Hall–Kier alpha value is -2.99. The standard InChI is InChI=1S/C25H29FN4O/c1-18(2)30-23-12-14-29(16-20-7-4-3-5-8-20)17-22(23)28-24(30)25(31)27-13-11-19-9-6-10-21(26)15-19/h3-10,15,18H,11-14,16-17H2,1-2H3,(H,27,31). The third-order valence-electron chi connectivity index (χ3n) is 5.69. The molecule has 1 amide bonds. The van der Waals surface area contributed by atoms with Crippen molar-refractivity contribution >= 4 is 5.91 Å². The van der Waals surface area contributed by atoms with E-state index in [0.29, 0.717) is 18.8 Å². The van der Waals surface area contributed by atoms with Gasteiger partial charge in [-0.05, 0) is 43.5 Å². The number of carbonyl (C=O) groups excluding carboxylic acids is 1. The Kier molecular flexibility index (Phi) is 6.47. The first kappa shape index (κ1) is 21.2. The summed E-state index contributed by atoms with van der Waals surface area (Å²) < 4.78 is 15.4. The zero-order valence-corrected chi connectivity index (χ0v) is 18.1. The maximum Gasteiger partial charge on any atom is 0.287 e. The molecular formula is C25H29FN4O. The summed E-state index contributed by atoms with van der Waals surface area (Å²) in [4.78, 5) is 20.1. The van der Waals surface area contributed by atoms with Gasteiger partial charge in [-0.3, -0.25) is 9.69 Å². The Morgan fingerprint density at radius 1 is 1.13 bits per heavy atom. The van der Waals surface area contributed by atoms with E-state index < -0.39 is 0 Å². The molecule has 0 aliphatic carbocycles. The van der Waals surface area contributed by atoms with Gasteiger partial charge in [-0.25, -0.2) is 9.37 Å². The van der Waals surface area contributed by atoms with Crippen molar-refractivity contribution in [3.63, 3.8) is 0 Å². The fraction of sp³-hybridized carbons (Fsp3) is 0.360. The number of fused-ring (bicyclic) bond motifs is 1. The lowest BCUT2D eigenvalue weighted by molar-refractivity contribution is 0.0937. The number of carbonyl (C=O) groups is 1. The average molecular weight is 421 g/mol. The van der Waals surface area contributed by atoms with E-state index in [0.717, 1.165) is 43.0 Å². The van der Waals surface area contributed by atoms with Crippen molar-refractivity contribution in [1.82, 2.24) is 19.8 Å². The molecular weight excluding hydrogens is 391 g/mol. The normalized spacial score (nSPS) is 13.9. The van der Waals surface area contributed by atoms with Crippen LogP contribution in [-0.4, -0.2) is 33.4 Å². The molecule has 0 radical (unpaired) electrons. The van der Waals surface area contributed by atoms with Gasteiger partial charge in [0.15, 0.2) is 5.82 Å². The number of aromatic nitrogens is 2. The van der Waals surface area contributed by atoms with E-state index in [1.807, 2.05) is 12.1 Å². The van der Waals surface area contributed by atoms with E-state index in [1.165, 1.54) is 17.7 Å². The molecule has 2 heterocycles. The van der Waals surface area contributed by atoms with E-state index >= 15 is 0 Å². The van der Waals surface area contributed by atoms with Crippen molar-refractivity contribution in [3.05, 3.63) is 88.8 Å². The first-order chi connectivity index (χ1) is 15.0. The molecule has 6 heteroatoms. The lowest BCUT2D eigenvalue weighted by Crippen LogP contribution is -2.31.